The van der Waals surface area contributed by atoms with Crippen molar-refractivity contribution in [1.29, 1.82) is 0 Å². The molecule has 2 amide bonds. The predicted octanol–water partition coefficient (Wildman–Crippen LogP) is 3.44. The number of rotatable bonds is 8. The molecule has 1 aliphatic rings. The van der Waals surface area contributed by atoms with E-state index in [1.807, 2.05) is 25.8 Å². The number of anilines is 2. The molecule has 0 aliphatic heterocycles. The van der Waals surface area contributed by atoms with E-state index in [9.17, 15) is 9.18 Å². The molecule has 0 bridgehead atoms. The fraction of sp³-hybridized carbons (Fsp3) is 0.611. The summed E-state index contributed by atoms with van der Waals surface area (Å²) in [5.74, 6) is -0.345. The minimum atomic E-state index is -0.345. The first-order valence-electron chi connectivity index (χ1n) is 8.65. The fourth-order valence-electron chi connectivity index (χ4n) is 2.57. The number of unbranched alkanes of at least 4 members (excludes halogenated alkanes) is 1. The van der Waals surface area contributed by atoms with Gasteiger partial charge in [-0.15, -0.1) is 0 Å². The molecule has 1 aromatic rings. The van der Waals surface area contributed by atoms with Crippen LogP contribution in [0, 0.1) is 5.82 Å². The Hall–Kier alpha value is -1.82. The Labute approximate surface area is 143 Å². The third kappa shape index (κ3) is 4.84. The lowest BCUT2D eigenvalue weighted by atomic mass is 10.2. The Morgan fingerprint density at radius 3 is 2.62 bits per heavy atom. The number of carbonyl (C=O) groups is 1. The predicted molar refractivity (Wildman–Crippen MR) is 95.0 cm³/mol. The van der Waals surface area contributed by atoms with E-state index in [1.54, 1.807) is 17.0 Å². The molecule has 0 radical (unpaired) electrons. The smallest absolute Gasteiger partial charge is 0.322 e. The Morgan fingerprint density at radius 2 is 2.08 bits per heavy atom. The van der Waals surface area contributed by atoms with Crippen molar-refractivity contribution < 1.29 is 14.3 Å². The van der Waals surface area contributed by atoms with Gasteiger partial charge in [-0.25, -0.2) is 9.18 Å². The average molecular weight is 337 g/mol. The van der Waals surface area contributed by atoms with Crippen LogP contribution < -0.4 is 10.2 Å². The lowest BCUT2D eigenvalue weighted by molar-refractivity contribution is 0.204. The number of nitrogens with zero attached hydrogens (tertiary/aromatic N) is 2. The van der Waals surface area contributed by atoms with Crippen LogP contribution in [0.25, 0.3) is 0 Å². The normalized spacial score (nSPS) is 13.9. The van der Waals surface area contributed by atoms with Gasteiger partial charge in [0.1, 0.15) is 5.82 Å². The third-order valence-electron chi connectivity index (χ3n) is 4.41. The van der Waals surface area contributed by atoms with Crippen molar-refractivity contribution in [1.82, 2.24) is 4.90 Å². The van der Waals surface area contributed by atoms with Crippen LogP contribution in [-0.2, 0) is 0 Å². The molecule has 1 aromatic carbocycles. The molecule has 2 N–H and O–H groups in total. The minimum Gasteiger partial charge on any atom is -0.396 e. The van der Waals surface area contributed by atoms with Gasteiger partial charge in [-0.2, -0.15) is 0 Å². The van der Waals surface area contributed by atoms with E-state index >= 15 is 0 Å². The second-order valence-electron chi connectivity index (χ2n) is 6.66. The number of aliphatic hydroxyl groups excluding tert-OH is 1. The van der Waals surface area contributed by atoms with Crippen molar-refractivity contribution in [3.63, 3.8) is 0 Å². The van der Waals surface area contributed by atoms with Gasteiger partial charge in [0.2, 0.25) is 0 Å². The van der Waals surface area contributed by atoms with E-state index < -0.39 is 0 Å². The number of nitrogens with one attached hydrogen (secondary N) is 1. The molecule has 0 aromatic heterocycles. The van der Waals surface area contributed by atoms with Crippen LogP contribution in [0.3, 0.4) is 0 Å². The molecule has 1 fully saturated rings. The van der Waals surface area contributed by atoms with Gasteiger partial charge in [0.15, 0.2) is 0 Å². The summed E-state index contributed by atoms with van der Waals surface area (Å²) < 4.78 is 14.3. The molecular weight excluding hydrogens is 309 g/mol. The van der Waals surface area contributed by atoms with Gasteiger partial charge in [-0.05, 0) is 57.7 Å². The zero-order valence-electron chi connectivity index (χ0n) is 14.8. The van der Waals surface area contributed by atoms with Gasteiger partial charge in [-0.1, -0.05) is 0 Å². The number of carbonyl (C=O) groups excluding carboxylic acids is 1. The summed E-state index contributed by atoms with van der Waals surface area (Å²) in [5.41, 5.74) is 0.983. The number of hydrogen-bond acceptors (Lipinski definition) is 3. The molecule has 6 heteroatoms. The van der Waals surface area contributed by atoms with Crippen LogP contribution in [-0.4, -0.2) is 48.3 Å². The Bertz CT molecular complexity index is 561. The van der Waals surface area contributed by atoms with Gasteiger partial charge in [0, 0.05) is 38.0 Å². The van der Waals surface area contributed by atoms with Gasteiger partial charge < -0.3 is 20.2 Å². The summed E-state index contributed by atoms with van der Waals surface area (Å²) in [4.78, 5) is 16.1. The van der Waals surface area contributed by atoms with E-state index in [2.05, 4.69) is 5.32 Å². The molecule has 0 spiro atoms. The van der Waals surface area contributed by atoms with Crippen molar-refractivity contribution >= 4 is 17.4 Å². The highest BCUT2D eigenvalue weighted by atomic mass is 19.1. The molecule has 0 unspecified atom stereocenters. The molecule has 0 saturated heterocycles. The van der Waals surface area contributed by atoms with Crippen LogP contribution in [0.15, 0.2) is 18.2 Å². The summed E-state index contributed by atoms with van der Waals surface area (Å²) in [6.07, 6.45) is 3.48. The molecular formula is C18H28FN3O2. The number of aliphatic hydroxyl groups is 1. The maximum absolute atomic E-state index is 14.3. The Morgan fingerprint density at radius 1 is 1.38 bits per heavy atom. The first-order valence-corrected chi connectivity index (χ1v) is 8.65. The van der Waals surface area contributed by atoms with Crippen molar-refractivity contribution in [2.24, 2.45) is 0 Å². The summed E-state index contributed by atoms with van der Waals surface area (Å²) >= 11 is 0. The van der Waals surface area contributed by atoms with Gasteiger partial charge in [-0.3, -0.25) is 0 Å². The van der Waals surface area contributed by atoms with E-state index in [-0.39, 0.29) is 30.5 Å². The van der Waals surface area contributed by atoms with Crippen molar-refractivity contribution in [3.05, 3.63) is 24.0 Å². The second-order valence-corrected chi connectivity index (χ2v) is 6.66. The van der Waals surface area contributed by atoms with Crippen LogP contribution in [0.2, 0.25) is 0 Å². The number of benzene rings is 1. The lowest BCUT2D eigenvalue weighted by Crippen LogP contribution is -2.37. The van der Waals surface area contributed by atoms with Crippen LogP contribution in [0.5, 0.6) is 0 Å². The SMILES string of the molecule is CC(C)N(C)c1ccc(NC(=O)N(CCCCO)C2CC2)cc1F. The first-order chi connectivity index (χ1) is 11.4. The topological polar surface area (TPSA) is 55.8 Å². The first kappa shape index (κ1) is 18.5. The summed E-state index contributed by atoms with van der Waals surface area (Å²) in [7, 11) is 1.84. The van der Waals surface area contributed by atoms with E-state index in [0.717, 1.165) is 19.3 Å². The summed E-state index contributed by atoms with van der Waals surface area (Å²) in [6, 6.07) is 5.06. The summed E-state index contributed by atoms with van der Waals surface area (Å²) in [6.45, 7) is 4.74. The van der Waals surface area contributed by atoms with Crippen molar-refractivity contribution in [2.75, 3.05) is 30.4 Å². The van der Waals surface area contributed by atoms with E-state index in [4.69, 9.17) is 5.11 Å². The highest BCUT2D eigenvalue weighted by Crippen LogP contribution is 2.28. The van der Waals surface area contributed by atoms with E-state index in [0.29, 0.717) is 24.3 Å². The molecule has 1 aliphatic carbocycles. The Kier molecular flexibility index (Phi) is 6.43. The largest absolute Gasteiger partial charge is 0.396 e. The quantitative estimate of drug-likeness (QED) is 0.715. The highest BCUT2D eigenvalue weighted by Gasteiger charge is 2.32. The number of halogens is 1. The maximum atomic E-state index is 14.3. The number of urea groups is 1. The zero-order valence-corrected chi connectivity index (χ0v) is 14.8. The van der Waals surface area contributed by atoms with Crippen LogP contribution in [0.4, 0.5) is 20.6 Å². The highest BCUT2D eigenvalue weighted by molar-refractivity contribution is 5.90. The second kappa shape index (κ2) is 8.33. The maximum Gasteiger partial charge on any atom is 0.322 e. The monoisotopic (exact) mass is 337 g/mol. The van der Waals surface area contributed by atoms with Crippen LogP contribution in [0.1, 0.15) is 39.5 Å². The fourth-order valence-corrected chi connectivity index (χ4v) is 2.57. The Balaban J connectivity index is 2.01. The van der Waals surface area contributed by atoms with Gasteiger partial charge in [0.05, 0.1) is 5.69 Å². The molecule has 134 valence electrons. The minimum absolute atomic E-state index is 0.135. The summed E-state index contributed by atoms with van der Waals surface area (Å²) in [5, 5.41) is 11.7. The number of hydrogen-bond donors (Lipinski definition) is 2. The van der Waals surface area contributed by atoms with Gasteiger partial charge in [0.25, 0.3) is 0 Å². The van der Waals surface area contributed by atoms with E-state index in [1.165, 1.54) is 6.07 Å². The molecule has 0 heterocycles. The molecule has 1 saturated carbocycles. The van der Waals surface area contributed by atoms with Crippen LogP contribution >= 0.6 is 0 Å². The van der Waals surface area contributed by atoms with Crippen molar-refractivity contribution in [3.8, 4) is 0 Å². The zero-order chi connectivity index (χ0) is 17.7. The average Bonchev–Trinajstić information content (AvgIpc) is 3.35. The van der Waals surface area contributed by atoms with Gasteiger partial charge >= 0.3 is 6.03 Å². The standard InChI is InChI=1S/C18H28FN3O2/c1-13(2)21(3)17-9-6-14(12-16(17)19)20-18(24)22(15-7-8-15)10-4-5-11-23/h6,9,12-13,15,23H,4-5,7-8,10-11H2,1-3H3,(H,20,24). The molecule has 24 heavy (non-hydrogen) atoms. The molecule has 2 rings (SSSR count). The van der Waals surface area contributed by atoms with Crippen molar-refractivity contribution in [2.45, 2.75) is 51.6 Å². The molecule has 5 nitrogen and oxygen atoms in total. The molecule has 0 atom stereocenters. The lowest BCUT2D eigenvalue weighted by Gasteiger charge is -2.25. The third-order valence-corrected chi connectivity index (χ3v) is 4.41. The number of amides is 2.